The molecule has 0 saturated heterocycles. The van der Waals surface area contributed by atoms with Crippen LogP contribution in [-0.4, -0.2) is 0 Å². The highest BCUT2D eigenvalue weighted by Gasteiger charge is 2.36. The van der Waals surface area contributed by atoms with Crippen molar-refractivity contribution in [1.82, 2.24) is 0 Å². The molecule has 0 heterocycles. The van der Waals surface area contributed by atoms with Gasteiger partial charge >= 0.3 is 0 Å². The van der Waals surface area contributed by atoms with E-state index in [0.29, 0.717) is 0 Å². The lowest BCUT2D eigenvalue weighted by Crippen LogP contribution is -2.14. The minimum Gasteiger partial charge on any atom is -0.0622 e. The first kappa shape index (κ1) is 26.5. The zero-order valence-electron chi connectivity index (χ0n) is 26.5. The standard InChI is InChI=1S/C47H32/c1-47(2)40-24-9-8-19-34(40)35-26-25-33(28-41(35)47)44-37-21-7-6-20-36(37)43(32-18-10-17-31(27-32)29-13-4-3-5-14-29)45-38-22-11-15-30-16-12-23-39(42(30)38)46(44)45/h3-28H,1-2H3. The van der Waals surface area contributed by atoms with Crippen LogP contribution in [0.15, 0.2) is 158 Å². The smallest absolute Gasteiger partial charge is 0.0159 e. The quantitative estimate of drug-likeness (QED) is 0.190. The van der Waals surface area contributed by atoms with Crippen LogP contribution in [0.1, 0.15) is 25.0 Å². The number of hydrogen-bond donors (Lipinski definition) is 0. The van der Waals surface area contributed by atoms with E-state index in [4.69, 9.17) is 0 Å². The lowest BCUT2D eigenvalue weighted by Gasteiger charge is -2.24. The van der Waals surface area contributed by atoms with E-state index in [1.807, 2.05) is 0 Å². The summed E-state index contributed by atoms with van der Waals surface area (Å²) in [6.45, 7) is 4.76. The van der Waals surface area contributed by atoms with Gasteiger partial charge in [-0.2, -0.15) is 0 Å². The van der Waals surface area contributed by atoms with Gasteiger partial charge in [0.2, 0.25) is 0 Å². The highest BCUT2D eigenvalue weighted by molar-refractivity contribution is 6.27. The highest BCUT2D eigenvalue weighted by Crippen LogP contribution is 2.58. The third kappa shape index (κ3) is 3.64. The van der Waals surface area contributed by atoms with Gasteiger partial charge in [-0.05, 0) is 112 Å². The van der Waals surface area contributed by atoms with Gasteiger partial charge in [-0.3, -0.25) is 0 Å². The molecule has 47 heavy (non-hydrogen) atoms. The first-order chi connectivity index (χ1) is 23.1. The molecule has 0 aliphatic heterocycles. The Kier molecular flexibility index (Phi) is 5.44. The largest absolute Gasteiger partial charge is 0.0622 e. The van der Waals surface area contributed by atoms with E-state index in [0.717, 1.165) is 0 Å². The van der Waals surface area contributed by atoms with Crippen molar-refractivity contribution < 1.29 is 0 Å². The Balaban J connectivity index is 1.33. The van der Waals surface area contributed by atoms with Crippen molar-refractivity contribution in [3.8, 4) is 66.8 Å². The minimum atomic E-state index is -0.0677. The van der Waals surface area contributed by atoms with Crippen LogP contribution in [0.4, 0.5) is 0 Å². The maximum absolute atomic E-state index is 2.50. The molecular formula is C47H32. The zero-order chi connectivity index (χ0) is 31.3. The van der Waals surface area contributed by atoms with E-state index in [1.54, 1.807) is 0 Å². The van der Waals surface area contributed by atoms with Crippen molar-refractivity contribution in [3.63, 3.8) is 0 Å². The summed E-state index contributed by atoms with van der Waals surface area (Å²) < 4.78 is 0. The summed E-state index contributed by atoms with van der Waals surface area (Å²) in [7, 11) is 0. The molecule has 0 aromatic heterocycles. The van der Waals surface area contributed by atoms with Crippen molar-refractivity contribution in [2.75, 3.05) is 0 Å². The fraction of sp³-hybridized carbons (Fsp3) is 0.0638. The van der Waals surface area contributed by atoms with E-state index in [1.165, 1.54) is 99.4 Å². The molecule has 0 atom stereocenters. The predicted molar refractivity (Wildman–Crippen MR) is 200 cm³/mol. The number of benzene rings is 8. The Morgan fingerprint density at radius 3 is 1.60 bits per heavy atom. The lowest BCUT2D eigenvalue weighted by atomic mass is 9.79. The Morgan fingerprint density at radius 1 is 0.340 bits per heavy atom. The molecule has 0 radical (unpaired) electrons. The van der Waals surface area contributed by atoms with E-state index < -0.39 is 0 Å². The summed E-state index contributed by atoms with van der Waals surface area (Å²) in [5.74, 6) is 0. The van der Waals surface area contributed by atoms with Crippen LogP contribution >= 0.6 is 0 Å². The van der Waals surface area contributed by atoms with Gasteiger partial charge in [0.15, 0.2) is 0 Å². The second kappa shape index (κ2) is 9.64. The van der Waals surface area contributed by atoms with E-state index in [2.05, 4.69) is 172 Å². The van der Waals surface area contributed by atoms with Gasteiger partial charge in [0.1, 0.15) is 0 Å². The molecule has 10 rings (SSSR count). The van der Waals surface area contributed by atoms with Crippen LogP contribution < -0.4 is 0 Å². The molecule has 0 spiro atoms. The molecule has 8 aromatic carbocycles. The lowest BCUT2D eigenvalue weighted by molar-refractivity contribution is 0.660. The van der Waals surface area contributed by atoms with Crippen LogP contribution in [0.3, 0.4) is 0 Å². The van der Waals surface area contributed by atoms with Crippen molar-refractivity contribution in [1.29, 1.82) is 0 Å². The normalized spacial score (nSPS) is 13.5. The van der Waals surface area contributed by atoms with Gasteiger partial charge in [0.25, 0.3) is 0 Å². The van der Waals surface area contributed by atoms with Crippen LogP contribution in [0, 0.1) is 0 Å². The van der Waals surface area contributed by atoms with E-state index in [-0.39, 0.29) is 5.41 Å². The predicted octanol–water partition coefficient (Wildman–Crippen LogP) is 12.9. The molecule has 0 unspecified atom stereocenters. The number of fused-ring (bicyclic) bond motifs is 7. The van der Waals surface area contributed by atoms with Gasteiger partial charge in [-0.25, -0.2) is 0 Å². The summed E-state index contributed by atoms with van der Waals surface area (Å²) in [5, 5.41) is 5.24. The Morgan fingerprint density at radius 2 is 0.872 bits per heavy atom. The first-order valence-corrected chi connectivity index (χ1v) is 16.6. The second-order valence-corrected chi connectivity index (χ2v) is 13.6. The third-order valence-electron chi connectivity index (χ3n) is 10.8. The summed E-state index contributed by atoms with van der Waals surface area (Å²) in [6.07, 6.45) is 0. The summed E-state index contributed by atoms with van der Waals surface area (Å²) in [6, 6.07) is 58.8. The Labute approximate surface area is 275 Å². The van der Waals surface area contributed by atoms with Crippen molar-refractivity contribution in [3.05, 3.63) is 169 Å². The molecule has 2 aliphatic carbocycles. The van der Waals surface area contributed by atoms with Crippen LogP contribution in [-0.2, 0) is 5.41 Å². The maximum Gasteiger partial charge on any atom is 0.0159 e. The minimum absolute atomic E-state index is 0.0677. The molecular weight excluding hydrogens is 565 g/mol. The average Bonchev–Trinajstić information content (AvgIpc) is 3.57. The molecule has 0 nitrogen and oxygen atoms in total. The average molecular weight is 597 g/mol. The molecule has 8 aromatic rings. The highest BCUT2D eigenvalue weighted by atomic mass is 14.4. The molecule has 0 saturated carbocycles. The van der Waals surface area contributed by atoms with Crippen molar-refractivity contribution in [2.45, 2.75) is 19.3 Å². The monoisotopic (exact) mass is 596 g/mol. The molecule has 0 heteroatoms. The van der Waals surface area contributed by atoms with Crippen LogP contribution in [0.2, 0.25) is 0 Å². The molecule has 0 bridgehead atoms. The summed E-state index contributed by atoms with van der Waals surface area (Å²) in [4.78, 5) is 0. The fourth-order valence-electron chi connectivity index (χ4n) is 8.68. The molecule has 0 N–H and O–H groups in total. The van der Waals surface area contributed by atoms with Crippen LogP contribution in [0.5, 0.6) is 0 Å². The molecule has 0 amide bonds. The molecule has 2 aliphatic rings. The summed E-state index contributed by atoms with van der Waals surface area (Å²) in [5.41, 5.74) is 18.5. The van der Waals surface area contributed by atoms with E-state index >= 15 is 0 Å². The Bertz CT molecular complexity index is 2580. The second-order valence-electron chi connectivity index (χ2n) is 13.6. The maximum atomic E-state index is 2.50. The van der Waals surface area contributed by atoms with Crippen molar-refractivity contribution in [2.24, 2.45) is 0 Å². The molecule has 220 valence electrons. The van der Waals surface area contributed by atoms with Gasteiger partial charge in [-0.15, -0.1) is 0 Å². The van der Waals surface area contributed by atoms with Crippen molar-refractivity contribution >= 4 is 21.5 Å². The van der Waals surface area contributed by atoms with Gasteiger partial charge < -0.3 is 0 Å². The third-order valence-corrected chi connectivity index (χ3v) is 10.8. The SMILES string of the molecule is CC1(C)c2ccccc2-c2ccc(-c3c4c(c(-c5cccc(-c6ccccc6)c5)c5ccccc35)-c3cccc5cccc-4c35)cc21. The number of rotatable bonds is 3. The van der Waals surface area contributed by atoms with Gasteiger partial charge in [0, 0.05) is 5.41 Å². The van der Waals surface area contributed by atoms with Crippen LogP contribution in [0.25, 0.3) is 88.3 Å². The van der Waals surface area contributed by atoms with E-state index in [9.17, 15) is 0 Å². The molecule has 0 fully saturated rings. The zero-order valence-corrected chi connectivity index (χ0v) is 26.5. The Hall–Kier alpha value is -5.72. The number of hydrogen-bond acceptors (Lipinski definition) is 0. The van der Waals surface area contributed by atoms with Gasteiger partial charge in [-0.1, -0.05) is 159 Å². The fourth-order valence-corrected chi connectivity index (χ4v) is 8.68. The first-order valence-electron chi connectivity index (χ1n) is 16.6. The van der Waals surface area contributed by atoms with Gasteiger partial charge in [0.05, 0.1) is 0 Å². The topological polar surface area (TPSA) is 0 Å². The summed E-state index contributed by atoms with van der Waals surface area (Å²) >= 11 is 0.